The minimum atomic E-state index is 0.301. The van der Waals surface area contributed by atoms with Crippen LogP contribution in [0.5, 0.6) is 0 Å². The molecule has 4 rings (SSSR count). The van der Waals surface area contributed by atoms with E-state index >= 15 is 0 Å². The van der Waals surface area contributed by atoms with Crippen LogP contribution < -0.4 is 0 Å². The fraction of sp³-hybridized carbons (Fsp3) is 0.875. The number of hydrogen-bond acceptors (Lipinski definition) is 1. The highest BCUT2D eigenvalue weighted by molar-refractivity contribution is 5.91. The van der Waals surface area contributed by atoms with E-state index in [9.17, 15) is 4.79 Å². The molecule has 3 fully saturated rings. The summed E-state index contributed by atoms with van der Waals surface area (Å²) in [4.78, 5) is 12.0. The fourth-order valence-corrected chi connectivity index (χ4v) is 8.04. The first-order valence-corrected chi connectivity index (χ1v) is 10.8. The van der Waals surface area contributed by atoms with Crippen molar-refractivity contribution in [1.29, 1.82) is 0 Å². The lowest BCUT2D eigenvalue weighted by atomic mass is 9.36. The van der Waals surface area contributed by atoms with Crippen molar-refractivity contribution in [2.45, 2.75) is 92.9 Å². The van der Waals surface area contributed by atoms with E-state index in [-0.39, 0.29) is 0 Å². The maximum atomic E-state index is 12.0. The van der Waals surface area contributed by atoms with Crippen LogP contribution in [0.15, 0.2) is 11.6 Å². The van der Waals surface area contributed by atoms with Gasteiger partial charge in [-0.25, -0.2) is 0 Å². The first kappa shape index (κ1) is 17.8. The summed E-state index contributed by atoms with van der Waals surface area (Å²) >= 11 is 0. The Morgan fingerprint density at radius 2 is 1.60 bits per heavy atom. The van der Waals surface area contributed by atoms with E-state index in [2.05, 4.69) is 41.5 Å². The Morgan fingerprint density at radius 3 is 2.32 bits per heavy atom. The zero-order chi connectivity index (χ0) is 18.3. The molecule has 25 heavy (non-hydrogen) atoms. The van der Waals surface area contributed by atoms with Crippen LogP contribution in [0.4, 0.5) is 0 Å². The molecule has 1 nitrogen and oxygen atoms in total. The van der Waals surface area contributed by atoms with E-state index in [1.54, 1.807) is 0 Å². The van der Waals surface area contributed by atoms with E-state index < -0.39 is 0 Å². The molecule has 0 aromatic carbocycles. The maximum absolute atomic E-state index is 12.0. The van der Waals surface area contributed by atoms with Crippen LogP contribution in [0, 0.1) is 39.4 Å². The van der Waals surface area contributed by atoms with Crippen molar-refractivity contribution in [3.8, 4) is 0 Å². The van der Waals surface area contributed by atoms with E-state index in [4.69, 9.17) is 0 Å². The molecule has 0 aromatic heterocycles. The van der Waals surface area contributed by atoms with E-state index in [1.165, 1.54) is 44.1 Å². The van der Waals surface area contributed by atoms with Crippen LogP contribution in [0.25, 0.3) is 0 Å². The average molecular weight is 343 g/mol. The molecule has 0 aliphatic heterocycles. The lowest BCUT2D eigenvalue weighted by Crippen LogP contribution is -2.61. The molecule has 0 aromatic rings. The van der Waals surface area contributed by atoms with Crippen LogP contribution >= 0.6 is 0 Å². The second-order valence-electron chi connectivity index (χ2n) is 11.7. The summed E-state index contributed by atoms with van der Waals surface area (Å²) in [7, 11) is 0. The van der Waals surface area contributed by atoms with Crippen LogP contribution in [-0.4, -0.2) is 5.78 Å². The van der Waals surface area contributed by atoms with Gasteiger partial charge in [0.25, 0.3) is 0 Å². The highest BCUT2D eigenvalue weighted by Crippen LogP contribution is 2.71. The van der Waals surface area contributed by atoms with E-state index in [0.29, 0.717) is 27.4 Å². The molecule has 0 amide bonds. The third-order valence-corrected chi connectivity index (χ3v) is 9.91. The molecular formula is C24H38O. The van der Waals surface area contributed by atoms with Crippen molar-refractivity contribution >= 4 is 5.78 Å². The van der Waals surface area contributed by atoms with Gasteiger partial charge < -0.3 is 0 Å². The Hall–Kier alpha value is -0.590. The minimum Gasteiger partial charge on any atom is -0.295 e. The molecule has 1 heteroatoms. The molecule has 0 bridgehead atoms. The highest BCUT2D eigenvalue weighted by atomic mass is 16.1. The highest BCUT2D eigenvalue weighted by Gasteiger charge is 2.63. The van der Waals surface area contributed by atoms with Crippen molar-refractivity contribution < 1.29 is 4.79 Å². The van der Waals surface area contributed by atoms with Crippen LogP contribution in [0.1, 0.15) is 92.9 Å². The third kappa shape index (κ3) is 2.29. The number of hydrogen-bond donors (Lipinski definition) is 0. The van der Waals surface area contributed by atoms with Gasteiger partial charge in [0, 0.05) is 6.42 Å². The van der Waals surface area contributed by atoms with Crippen LogP contribution in [0.3, 0.4) is 0 Å². The van der Waals surface area contributed by atoms with Gasteiger partial charge >= 0.3 is 0 Å². The Morgan fingerprint density at radius 1 is 0.880 bits per heavy atom. The van der Waals surface area contributed by atoms with Crippen molar-refractivity contribution in [2.75, 3.05) is 0 Å². The van der Waals surface area contributed by atoms with Gasteiger partial charge in [0.05, 0.1) is 0 Å². The quantitative estimate of drug-likeness (QED) is 0.486. The lowest BCUT2D eigenvalue weighted by Gasteiger charge is -2.68. The first-order valence-electron chi connectivity index (χ1n) is 10.8. The average Bonchev–Trinajstić information content (AvgIpc) is 2.52. The topological polar surface area (TPSA) is 17.1 Å². The molecular weight excluding hydrogens is 304 g/mol. The maximum Gasteiger partial charge on any atom is 0.155 e. The zero-order valence-electron chi connectivity index (χ0n) is 17.4. The van der Waals surface area contributed by atoms with E-state index in [0.717, 1.165) is 30.6 Å². The number of rotatable bonds is 0. The summed E-state index contributed by atoms with van der Waals surface area (Å²) in [5, 5.41) is 0. The Labute approximate surface area is 155 Å². The van der Waals surface area contributed by atoms with Gasteiger partial charge in [0.2, 0.25) is 0 Å². The predicted octanol–water partition coefficient (Wildman–Crippen LogP) is 6.57. The van der Waals surface area contributed by atoms with Crippen LogP contribution in [0.2, 0.25) is 0 Å². The van der Waals surface area contributed by atoms with Gasteiger partial charge in [-0.05, 0) is 90.4 Å². The van der Waals surface area contributed by atoms with Crippen molar-refractivity contribution in [2.24, 2.45) is 39.4 Å². The SMILES string of the molecule is CC1(C)CCC(C)(C)[C@@]2(C)CC[C@H]3[C@@H](CCC4=CC(=O)CC[C@@]43C)[C@H]12. The number of carbonyl (C=O) groups excluding carboxylic acids is 1. The molecule has 0 unspecified atom stereocenters. The number of fused-ring (bicyclic) bond motifs is 5. The Kier molecular flexibility index (Phi) is 3.73. The first-order chi connectivity index (χ1) is 11.5. The fourth-order valence-electron chi connectivity index (χ4n) is 8.04. The summed E-state index contributed by atoms with van der Waals surface area (Å²) in [6, 6.07) is 0. The number of carbonyl (C=O) groups is 1. The molecule has 0 radical (unpaired) electrons. The molecule has 0 saturated heterocycles. The minimum absolute atomic E-state index is 0.301. The molecule has 0 spiro atoms. The summed E-state index contributed by atoms with van der Waals surface area (Å²) in [6.45, 7) is 15.4. The van der Waals surface area contributed by atoms with Crippen LogP contribution in [-0.2, 0) is 4.79 Å². The van der Waals surface area contributed by atoms with E-state index in [1.807, 2.05) is 6.08 Å². The third-order valence-electron chi connectivity index (χ3n) is 9.91. The monoisotopic (exact) mass is 342 g/mol. The van der Waals surface area contributed by atoms with Gasteiger partial charge in [-0.15, -0.1) is 0 Å². The zero-order valence-corrected chi connectivity index (χ0v) is 17.4. The standard InChI is InChI=1S/C24H38O/c1-21(2)13-14-22(3,4)24(6)12-10-19-18(20(21)24)8-7-16-15-17(25)9-11-23(16,19)5/h15,18-20H,7-14H2,1-6H3/t18-,19+,20-,23+,24+/m1/s1. The molecule has 4 aliphatic carbocycles. The lowest BCUT2D eigenvalue weighted by molar-refractivity contribution is -0.182. The van der Waals surface area contributed by atoms with Gasteiger partial charge in [-0.1, -0.05) is 47.1 Å². The Balaban J connectivity index is 1.77. The van der Waals surface area contributed by atoms with Gasteiger partial charge in [0.1, 0.15) is 0 Å². The largest absolute Gasteiger partial charge is 0.295 e. The summed E-state index contributed by atoms with van der Waals surface area (Å²) < 4.78 is 0. The second kappa shape index (κ2) is 5.23. The Bertz CT molecular complexity index is 624. The molecule has 3 saturated carbocycles. The predicted molar refractivity (Wildman–Crippen MR) is 104 cm³/mol. The van der Waals surface area contributed by atoms with Gasteiger partial charge in [-0.3, -0.25) is 4.79 Å². The molecule has 0 heterocycles. The molecule has 4 aliphatic rings. The molecule has 140 valence electrons. The smallest absolute Gasteiger partial charge is 0.155 e. The molecule has 0 N–H and O–H groups in total. The van der Waals surface area contributed by atoms with Gasteiger partial charge in [-0.2, -0.15) is 0 Å². The van der Waals surface area contributed by atoms with Crippen molar-refractivity contribution in [1.82, 2.24) is 0 Å². The van der Waals surface area contributed by atoms with Crippen molar-refractivity contribution in [3.05, 3.63) is 11.6 Å². The number of allylic oxidation sites excluding steroid dienone is 2. The van der Waals surface area contributed by atoms with Gasteiger partial charge in [0.15, 0.2) is 5.78 Å². The number of ketones is 1. The summed E-state index contributed by atoms with van der Waals surface area (Å²) in [5.74, 6) is 2.86. The molecule has 5 atom stereocenters. The summed E-state index contributed by atoms with van der Waals surface area (Å²) in [5.41, 5.74) is 3.18. The normalized spacial score (nSPS) is 48.0. The second-order valence-corrected chi connectivity index (χ2v) is 11.7. The summed E-state index contributed by atoms with van der Waals surface area (Å²) in [6.07, 6.45) is 11.9. The van der Waals surface area contributed by atoms with Crippen molar-refractivity contribution in [3.63, 3.8) is 0 Å².